The molecule has 2 aromatic carbocycles. The van der Waals surface area contributed by atoms with Gasteiger partial charge in [-0.2, -0.15) is 0 Å². The summed E-state index contributed by atoms with van der Waals surface area (Å²) in [7, 11) is -4.66. The largest absolute Gasteiger partial charge is 0.478 e. The van der Waals surface area contributed by atoms with Crippen LogP contribution in [0.25, 0.3) is 0 Å². The third-order valence-corrected chi connectivity index (χ3v) is 3.99. The molecule has 0 spiro atoms. The van der Waals surface area contributed by atoms with Crippen LogP contribution < -0.4 is 5.30 Å². The first kappa shape index (κ1) is 14.5. The van der Waals surface area contributed by atoms with Gasteiger partial charge in [0, 0.05) is 0 Å². The molecule has 2 aromatic rings. The smallest absolute Gasteiger partial charge is 0.357 e. The van der Waals surface area contributed by atoms with Gasteiger partial charge in [0.1, 0.15) is 0 Å². The number of rotatable bonds is 4. The second-order valence-electron chi connectivity index (χ2n) is 4.32. The Labute approximate surface area is 115 Å². The summed E-state index contributed by atoms with van der Waals surface area (Å²) in [5, 5.41) is 8.67. The minimum absolute atomic E-state index is 0.266. The van der Waals surface area contributed by atoms with E-state index in [-0.39, 0.29) is 12.0 Å². The molecule has 0 atom stereocenters. The summed E-state index contributed by atoms with van der Waals surface area (Å²) in [4.78, 5) is 30.0. The molecule has 0 aliphatic heterocycles. The van der Waals surface area contributed by atoms with Crippen LogP contribution in [0.2, 0.25) is 0 Å². The second-order valence-corrected chi connectivity index (χ2v) is 5.86. The zero-order valence-corrected chi connectivity index (χ0v) is 11.3. The molecule has 0 aliphatic rings. The van der Waals surface area contributed by atoms with Crippen molar-refractivity contribution in [3.8, 4) is 0 Å². The summed E-state index contributed by atoms with van der Waals surface area (Å²) < 4.78 is 11.6. The van der Waals surface area contributed by atoms with Gasteiger partial charge in [-0.15, -0.1) is 0 Å². The molecule has 6 heteroatoms. The van der Waals surface area contributed by atoms with Gasteiger partial charge in [0.2, 0.25) is 0 Å². The van der Waals surface area contributed by atoms with Crippen LogP contribution in [-0.4, -0.2) is 20.9 Å². The molecule has 2 rings (SSSR count). The molecule has 0 radical (unpaired) electrons. The first-order valence-electron chi connectivity index (χ1n) is 5.85. The van der Waals surface area contributed by atoms with Gasteiger partial charge in [-0.05, 0) is 23.6 Å². The standard InChI is InChI=1S/C14H13O5P/c15-14(16)12-8-4-7-11(13(12)20(17,18)19)9-10-5-2-1-3-6-10/h1-8H,9H2,(H,15,16)(H2,17,18,19). The zero-order valence-electron chi connectivity index (χ0n) is 10.4. The normalized spacial score (nSPS) is 11.3. The van der Waals surface area contributed by atoms with E-state index in [1.54, 1.807) is 0 Å². The average molecular weight is 292 g/mol. The minimum Gasteiger partial charge on any atom is -0.478 e. The average Bonchev–Trinajstić information content (AvgIpc) is 2.38. The molecule has 0 saturated heterocycles. The van der Waals surface area contributed by atoms with E-state index < -0.39 is 18.9 Å². The lowest BCUT2D eigenvalue weighted by molar-refractivity contribution is 0.0697. The van der Waals surface area contributed by atoms with Crippen LogP contribution in [0.4, 0.5) is 0 Å². The van der Waals surface area contributed by atoms with Crippen LogP contribution in [0, 0.1) is 0 Å². The van der Waals surface area contributed by atoms with Gasteiger partial charge in [0.15, 0.2) is 0 Å². The van der Waals surface area contributed by atoms with Crippen molar-refractivity contribution in [2.75, 3.05) is 0 Å². The summed E-state index contributed by atoms with van der Waals surface area (Å²) >= 11 is 0. The summed E-state index contributed by atoms with van der Waals surface area (Å²) in [6, 6.07) is 13.3. The Kier molecular flexibility index (Phi) is 4.04. The molecule has 0 bridgehead atoms. The van der Waals surface area contributed by atoms with Crippen molar-refractivity contribution >= 4 is 18.9 Å². The molecular formula is C14H13O5P. The fourth-order valence-corrected chi connectivity index (χ4v) is 3.08. The van der Waals surface area contributed by atoms with Gasteiger partial charge in [0.25, 0.3) is 0 Å². The van der Waals surface area contributed by atoms with E-state index in [2.05, 4.69) is 0 Å². The van der Waals surface area contributed by atoms with E-state index in [1.807, 2.05) is 30.3 Å². The van der Waals surface area contributed by atoms with Crippen molar-refractivity contribution in [2.45, 2.75) is 6.42 Å². The number of carboxylic acids is 1. The van der Waals surface area contributed by atoms with E-state index in [0.29, 0.717) is 5.56 Å². The fourth-order valence-electron chi connectivity index (χ4n) is 2.07. The van der Waals surface area contributed by atoms with Crippen molar-refractivity contribution in [1.29, 1.82) is 0 Å². The second kappa shape index (κ2) is 5.59. The summed E-state index contributed by atoms with van der Waals surface area (Å²) in [6.45, 7) is 0. The van der Waals surface area contributed by atoms with Crippen LogP contribution in [0.3, 0.4) is 0 Å². The number of hydrogen-bond donors (Lipinski definition) is 3. The number of carbonyl (C=O) groups is 1. The highest BCUT2D eigenvalue weighted by atomic mass is 31.2. The molecule has 0 fully saturated rings. The Morgan fingerprint density at radius 2 is 1.65 bits per heavy atom. The van der Waals surface area contributed by atoms with E-state index in [1.165, 1.54) is 18.2 Å². The van der Waals surface area contributed by atoms with Gasteiger partial charge < -0.3 is 14.9 Å². The summed E-state index contributed by atoms with van der Waals surface area (Å²) in [5.74, 6) is -1.35. The highest BCUT2D eigenvalue weighted by Crippen LogP contribution is 2.37. The van der Waals surface area contributed by atoms with Crippen molar-refractivity contribution in [3.63, 3.8) is 0 Å². The number of benzene rings is 2. The van der Waals surface area contributed by atoms with E-state index in [0.717, 1.165) is 5.56 Å². The van der Waals surface area contributed by atoms with Crippen molar-refractivity contribution < 1.29 is 24.3 Å². The molecule has 5 nitrogen and oxygen atoms in total. The Balaban J connectivity index is 2.56. The summed E-state index contributed by atoms with van der Waals surface area (Å²) in [5.41, 5.74) is 0.820. The first-order valence-corrected chi connectivity index (χ1v) is 7.46. The highest BCUT2D eigenvalue weighted by molar-refractivity contribution is 7.60. The maximum Gasteiger partial charge on any atom is 0.357 e. The fraction of sp³-hybridized carbons (Fsp3) is 0.0714. The van der Waals surface area contributed by atoms with Gasteiger partial charge >= 0.3 is 13.6 Å². The topological polar surface area (TPSA) is 94.8 Å². The monoisotopic (exact) mass is 292 g/mol. The molecule has 0 amide bonds. The van der Waals surface area contributed by atoms with Crippen LogP contribution in [0.1, 0.15) is 21.5 Å². The molecule has 3 N–H and O–H groups in total. The van der Waals surface area contributed by atoms with Crippen LogP contribution in [0.15, 0.2) is 48.5 Å². The van der Waals surface area contributed by atoms with Crippen LogP contribution >= 0.6 is 7.60 Å². The SMILES string of the molecule is O=C(O)c1cccc(Cc2ccccc2)c1P(=O)(O)O. The number of aromatic carboxylic acids is 1. The van der Waals surface area contributed by atoms with Crippen molar-refractivity contribution in [1.82, 2.24) is 0 Å². The molecular weight excluding hydrogens is 279 g/mol. The lowest BCUT2D eigenvalue weighted by Crippen LogP contribution is -2.20. The minimum atomic E-state index is -4.66. The van der Waals surface area contributed by atoms with Gasteiger partial charge in [-0.3, -0.25) is 4.57 Å². The molecule has 0 saturated carbocycles. The third kappa shape index (κ3) is 3.14. The van der Waals surface area contributed by atoms with Gasteiger partial charge in [0.05, 0.1) is 10.9 Å². The number of carboxylic acid groups (broad SMARTS) is 1. The molecule has 0 aliphatic carbocycles. The van der Waals surface area contributed by atoms with E-state index >= 15 is 0 Å². The molecule has 20 heavy (non-hydrogen) atoms. The molecule has 104 valence electrons. The molecule has 0 heterocycles. The zero-order chi connectivity index (χ0) is 14.8. The lowest BCUT2D eigenvalue weighted by atomic mass is 10.0. The maximum absolute atomic E-state index is 11.6. The van der Waals surface area contributed by atoms with Gasteiger partial charge in [-0.25, -0.2) is 4.79 Å². The highest BCUT2D eigenvalue weighted by Gasteiger charge is 2.28. The Bertz CT molecular complexity index is 675. The third-order valence-electron chi connectivity index (χ3n) is 2.88. The lowest BCUT2D eigenvalue weighted by Gasteiger charge is -2.13. The Morgan fingerprint density at radius 1 is 1.00 bits per heavy atom. The Morgan fingerprint density at radius 3 is 2.20 bits per heavy atom. The molecule has 0 aromatic heterocycles. The quantitative estimate of drug-likeness (QED) is 0.747. The summed E-state index contributed by atoms with van der Waals surface area (Å²) in [6.07, 6.45) is 0.266. The number of hydrogen-bond acceptors (Lipinski definition) is 2. The van der Waals surface area contributed by atoms with Crippen LogP contribution in [0.5, 0.6) is 0 Å². The van der Waals surface area contributed by atoms with Crippen molar-refractivity contribution in [2.24, 2.45) is 0 Å². The maximum atomic E-state index is 11.6. The van der Waals surface area contributed by atoms with Gasteiger partial charge in [-0.1, -0.05) is 42.5 Å². The van der Waals surface area contributed by atoms with Crippen LogP contribution in [-0.2, 0) is 11.0 Å². The predicted molar refractivity (Wildman–Crippen MR) is 74.3 cm³/mol. The van der Waals surface area contributed by atoms with E-state index in [9.17, 15) is 19.1 Å². The van der Waals surface area contributed by atoms with Crippen molar-refractivity contribution in [3.05, 3.63) is 65.2 Å². The Hall–Kier alpha value is -1.94. The van der Waals surface area contributed by atoms with E-state index in [4.69, 9.17) is 5.11 Å². The molecule has 0 unspecified atom stereocenters. The predicted octanol–water partition coefficient (Wildman–Crippen LogP) is 1.78. The first-order chi connectivity index (χ1) is 9.39.